The van der Waals surface area contributed by atoms with Crippen molar-refractivity contribution in [3.63, 3.8) is 0 Å². The van der Waals surface area contributed by atoms with Gasteiger partial charge < -0.3 is 26.4 Å². The highest BCUT2D eigenvalue weighted by molar-refractivity contribution is 6.29. The third-order valence-electron chi connectivity index (χ3n) is 3.46. The van der Waals surface area contributed by atoms with Crippen molar-refractivity contribution in [1.29, 1.82) is 0 Å². The molecule has 0 saturated carbocycles. The summed E-state index contributed by atoms with van der Waals surface area (Å²) in [6, 6.07) is 4.27. The summed E-state index contributed by atoms with van der Waals surface area (Å²) in [4.78, 5) is 7.77. The second-order valence-corrected chi connectivity index (χ2v) is 5.40. The predicted octanol–water partition coefficient (Wildman–Crippen LogP) is 0.900. The van der Waals surface area contributed by atoms with E-state index in [1.54, 1.807) is 13.1 Å². The van der Waals surface area contributed by atoms with E-state index in [4.69, 9.17) is 17.3 Å². The normalized spacial score (nSPS) is 11.9. The Balaban J connectivity index is 2.40. The van der Waals surface area contributed by atoms with Gasteiger partial charge in [0.05, 0.1) is 6.20 Å². The lowest BCUT2D eigenvalue weighted by atomic mass is 10.1. The van der Waals surface area contributed by atoms with Crippen molar-refractivity contribution < 1.29 is 19.7 Å². The summed E-state index contributed by atoms with van der Waals surface area (Å²) < 4.78 is 15.4. The molecule has 0 amide bonds. The number of hydrogen-bond donors (Lipinski definition) is 5. The number of anilines is 2. The number of fused-ring (bicyclic) bond motifs is 1. The maximum Gasteiger partial charge on any atom is 0.339 e. The van der Waals surface area contributed by atoms with Crippen LogP contribution in [-0.4, -0.2) is 36.7 Å². The third kappa shape index (κ3) is 2.53. The van der Waals surface area contributed by atoms with Gasteiger partial charge in [-0.05, 0) is 18.2 Å². The van der Waals surface area contributed by atoms with E-state index < -0.39 is 17.6 Å². The van der Waals surface area contributed by atoms with Crippen molar-refractivity contribution in [3.05, 3.63) is 41.2 Å². The fourth-order valence-corrected chi connectivity index (χ4v) is 2.59. The lowest BCUT2D eigenvalue weighted by molar-refractivity contribution is -0.329. The largest absolute Gasteiger partial charge is 0.388 e. The molecule has 0 bridgehead atoms. The van der Waals surface area contributed by atoms with E-state index in [9.17, 15) is 19.7 Å². The lowest BCUT2D eigenvalue weighted by Gasteiger charge is -2.13. The van der Waals surface area contributed by atoms with Crippen LogP contribution in [0.4, 0.5) is 15.9 Å². The van der Waals surface area contributed by atoms with Crippen molar-refractivity contribution in [2.24, 2.45) is 0 Å². The van der Waals surface area contributed by atoms with Gasteiger partial charge >= 0.3 is 5.97 Å². The lowest BCUT2D eigenvalue weighted by Crippen LogP contribution is -2.27. The third-order valence-corrected chi connectivity index (χ3v) is 3.72. The Kier molecular flexibility index (Phi) is 3.80. The Bertz CT molecular complexity index is 938. The van der Waals surface area contributed by atoms with Crippen LogP contribution in [0.2, 0.25) is 5.15 Å². The summed E-state index contributed by atoms with van der Waals surface area (Å²) in [6.45, 7) is 0. The summed E-state index contributed by atoms with van der Waals surface area (Å²) in [5.41, 5.74) is 6.37. The van der Waals surface area contributed by atoms with Crippen LogP contribution in [0, 0.1) is 5.82 Å². The zero-order valence-electron chi connectivity index (χ0n) is 12.3. The highest BCUT2D eigenvalue weighted by atomic mass is 35.5. The van der Waals surface area contributed by atoms with Gasteiger partial charge in [-0.3, -0.25) is 4.40 Å². The summed E-state index contributed by atoms with van der Waals surface area (Å²) >= 11 is 6.00. The predicted molar refractivity (Wildman–Crippen MR) is 85.7 cm³/mol. The first-order valence-corrected chi connectivity index (χ1v) is 7.09. The molecule has 0 aliphatic carbocycles. The van der Waals surface area contributed by atoms with E-state index in [-0.39, 0.29) is 27.7 Å². The molecule has 10 heteroatoms. The second-order valence-electron chi connectivity index (χ2n) is 5.01. The van der Waals surface area contributed by atoms with E-state index >= 15 is 0 Å². The Hall–Kier alpha value is -2.46. The van der Waals surface area contributed by atoms with Crippen LogP contribution in [0.25, 0.3) is 16.8 Å². The van der Waals surface area contributed by atoms with Crippen LogP contribution in [0.15, 0.2) is 24.4 Å². The molecule has 24 heavy (non-hydrogen) atoms. The molecule has 3 rings (SSSR count). The second kappa shape index (κ2) is 5.56. The molecule has 126 valence electrons. The maximum absolute atomic E-state index is 14.4. The van der Waals surface area contributed by atoms with Gasteiger partial charge in [0.25, 0.3) is 0 Å². The number of rotatable bonds is 3. The van der Waals surface area contributed by atoms with Gasteiger partial charge in [0.2, 0.25) is 5.82 Å². The molecule has 6 N–H and O–H groups in total. The number of imidazole rings is 1. The molecule has 0 aliphatic rings. The number of aliphatic hydroxyl groups is 3. The maximum atomic E-state index is 14.4. The molecule has 2 aromatic heterocycles. The highest BCUT2D eigenvalue weighted by Crippen LogP contribution is 2.34. The topological polar surface area (TPSA) is 129 Å². The van der Waals surface area contributed by atoms with Crippen LogP contribution in [0.5, 0.6) is 0 Å². The molecule has 0 spiro atoms. The number of halogens is 2. The molecule has 0 saturated heterocycles. The summed E-state index contributed by atoms with van der Waals surface area (Å²) in [5, 5.41) is 31.2. The number of aromatic nitrogens is 3. The molecule has 3 aromatic rings. The first-order chi connectivity index (χ1) is 11.2. The minimum atomic E-state index is -3.31. The Morgan fingerprint density at radius 1 is 1.33 bits per heavy atom. The molecule has 0 radical (unpaired) electrons. The fraction of sp³-hybridized carbons (Fsp3) is 0.143. The van der Waals surface area contributed by atoms with Crippen LogP contribution in [0.1, 0.15) is 5.82 Å². The van der Waals surface area contributed by atoms with E-state index in [1.165, 1.54) is 12.1 Å². The van der Waals surface area contributed by atoms with Crippen molar-refractivity contribution >= 4 is 28.6 Å². The number of nitrogens with one attached hydrogen (secondary N) is 1. The molecule has 8 nitrogen and oxygen atoms in total. The zero-order chi connectivity index (χ0) is 17.6. The average molecular weight is 354 g/mol. The molecule has 2 heterocycles. The monoisotopic (exact) mass is 353 g/mol. The van der Waals surface area contributed by atoms with Crippen molar-refractivity contribution in [3.8, 4) is 11.3 Å². The van der Waals surface area contributed by atoms with Gasteiger partial charge in [0.1, 0.15) is 28.0 Å². The first-order valence-electron chi connectivity index (χ1n) is 6.71. The highest BCUT2D eigenvalue weighted by Gasteiger charge is 2.32. The minimum Gasteiger partial charge on any atom is -0.388 e. The van der Waals surface area contributed by atoms with Gasteiger partial charge in [-0.2, -0.15) is 0 Å². The molecule has 0 aliphatic heterocycles. The zero-order valence-corrected chi connectivity index (χ0v) is 13.1. The minimum absolute atomic E-state index is 0.0257. The van der Waals surface area contributed by atoms with Crippen LogP contribution < -0.4 is 11.1 Å². The molecule has 0 atom stereocenters. The van der Waals surface area contributed by atoms with E-state index in [1.807, 2.05) is 0 Å². The van der Waals surface area contributed by atoms with Gasteiger partial charge in [0, 0.05) is 18.3 Å². The summed E-state index contributed by atoms with van der Waals surface area (Å²) in [5.74, 6) is -4.65. The van der Waals surface area contributed by atoms with Crippen LogP contribution in [-0.2, 0) is 5.97 Å². The Labute approximate surface area is 140 Å². The summed E-state index contributed by atoms with van der Waals surface area (Å²) in [7, 11) is 1.64. The summed E-state index contributed by atoms with van der Waals surface area (Å²) in [6.07, 6.45) is 1.14. The standard InChI is InChI=1S/C14H13ClFN5O3/c1-18-6-2-3-7(8(16)4-6)10-11-12(17)19-5-9(15)21(11)13(20-10)14(22,23)24/h2-5,18,22-24H,1H3,(H2,17,19). The van der Waals surface area contributed by atoms with Crippen molar-refractivity contribution in [2.75, 3.05) is 18.1 Å². The molecular formula is C14H13ClFN5O3. The molecule has 1 aromatic carbocycles. The fourth-order valence-electron chi connectivity index (χ4n) is 2.38. The number of hydrogen-bond acceptors (Lipinski definition) is 7. The number of benzene rings is 1. The number of nitrogens with two attached hydrogens (primary N) is 1. The van der Waals surface area contributed by atoms with Gasteiger partial charge in [0.15, 0.2) is 0 Å². The molecule has 0 fully saturated rings. The SMILES string of the molecule is CNc1ccc(-c2nc(C(O)(O)O)n3c(Cl)cnc(N)c23)c(F)c1. The Morgan fingerprint density at radius 3 is 2.62 bits per heavy atom. The van der Waals surface area contributed by atoms with E-state index in [0.29, 0.717) is 5.69 Å². The number of nitrogens with zero attached hydrogens (tertiary/aromatic N) is 3. The van der Waals surface area contributed by atoms with Gasteiger partial charge in [-0.15, -0.1) is 0 Å². The van der Waals surface area contributed by atoms with Gasteiger partial charge in [-0.1, -0.05) is 11.6 Å². The van der Waals surface area contributed by atoms with Crippen LogP contribution >= 0.6 is 11.6 Å². The Morgan fingerprint density at radius 2 is 2.04 bits per heavy atom. The van der Waals surface area contributed by atoms with Crippen molar-refractivity contribution in [2.45, 2.75) is 5.97 Å². The van der Waals surface area contributed by atoms with E-state index in [0.717, 1.165) is 10.6 Å². The molecule has 0 unspecified atom stereocenters. The van der Waals surface area contributed by atoms with Gasteiger partial charge in [-0.25, -0.2) is 14.4 Å². The first kappa shape index (κ1) is 16.4. The van der Waals surface area contributed by atoms with Crippen molar-refractivity contribution in [1.82, 2.24) is 14.4 Å². The van der Waals surface area contributed by atoms with Crippen LogP contribution in [0.3, 0.4) is 0 Å². The number of nitrogen functional groups attached to an aromatic ring is 1. The van der Waals surface area contributed by atoms with E-state index in [2.05, 4.69) is 15.3 Å². The smallest absolute Gasteiger partial charge is 0.339 e. The average Bonchev–Trinajstić information content (AvgIpc) is 2.92. The molecular weight excluding hydrogens is 341 g/mol. The quantitative estimate of drug-likeness (QED) is 0.442.